The van der Waals surface area contributed by atoms with Gasteiger partial charge in [0.2, 0.25) is 5.28 Å². The highest BCUT2D eigenvalue weighted by Crippen LogP contribution is 2.33. The second-order valence-electron chi connectivity index (χ2n) is 9.42. The molecule has 0 aliphatic carbocycles. The number of nitrogen functional groups attached to an aromatic ring is 2. The van der Waals surface area contributed by atoms with Crippen molar-refractivity contribution in [1.82, 2.24) is 39.0 Å². The van der Waals surface area contributed by atoms with Gasteiger partial charge in [-0.1, -0.05) is 0 Å². The molecule has 45 heavy (non-hydrogen) atoms. The van der Waals surface area contributed by atoms with Gasteiger partial charge in [0, 0.05) is 0 Å². The fraction of sp³-hybridized carbons (Fsp3) is 0.500. The van der Waals surface area contributed by atoms with E-state index >= 15 is 0 Å². The van der Waals surface area contributed by atoms with Crippen LogP contribution >= 0.6 is 11.6 Å². The van der Waals surface area contributed by atoms with Gasteiger partial charge in [0.05, 0.1) is 12.7 Å². The molecular weight excluding hydrogens is 636 g/mol. The number of ether oxygens (including phenoxy) is 2. The Balaban J connectivity index is 0.000000178. The third-order valence-electron chi connectivity index (χ3n) is 6.72. The molecule has 0 unspecified atom stereocenters. The third-order valence-corrected chi connectivity index (χ3v) is 6.89. The fourth-order valence-electron chi connectivity index (χ4n) is 4.62. The van der Waals surface area contributed by atoms with Crippen molar-refractivity contribution in [2.75, 3.05) is 24.7 Å². The van der Waals surface area contributed by atoms with Crippen molar-refractivity contribution >= 4 is 45.6 Å². The van der Waals surface area contributed by atoms with Gasteiger partial charge in [0.1, 0.15) is 67.2 Å². The highest BCUT2D eigenvalue weighted by Gasteiger charge is 2.46. The van der Waals surface area contributed by atoms with Crippen LogP contribution in [-0.2, 0) is 19.1 Å². The summed E-state index contributed by atoms with van der Waals surface area (Å²) in [5.74, 6) is 0.199. The smallest absolute Gasteiger partial charge is 0.294 e. The van der Waals surface area contributed by atoms with Crippen LogP contribution in [0.5, 0.6) is 0 Å². The largest absolute Gasteiger partial charge is 0.387 e. The molecule has 24 nitrogen and oxygen atoms in total. The molecule has 8 N–H and O–H groups in total. The van der Waals surface area contributed by atoms with Crippen molar-refractivity contribution in [2.45, 2.75) is 49.1 Å². The summed E-state index contributed by atoms with van der Waals surface area (Å²) in [4.78, 5) is 52.3. The van der Waals surface area contributed by atoms with E-state index in [0.29, 0.717) is 11.2 Å². The molecule has 242 valence electrons. The van der Waals surface area contributed by atoms with Gasteiger partial charge in [-0.15, -0.1) is 20.2 Å². The summed E-state index contributed by atoms with van der Waals surface area (Å²) in [7, 11) is 0. The maximum Gasteiger partial charge on any atom is 0.294 e. The molecule has 4 aromatic heterocycles. The molecule has 0 bridgehead atoms. The Hall–Kier alpha value is -4.85. The van der Waals surface area contributed by atoms with E-state index in [9.17, 15) is 40.7 Å². The van der Waals surface area contributed by atoms with E-state index < -0.39 is 72.5 Å². The van der Waals surface area contributed by atoms with E-state index in [1.54, 1.807) is 0 Å². The van der Waals surface area contributed by atoms with Gasteiger partial charge in [0.15, 0.2) is 35.4 Å². The average molecular weight is 659 g/mol. The Morgan fingerprint density at radius 2 is 1.27 bits per heavy atom. The Kier molecular flexibility index (Phi) is 8.87. The second kappa shape index (κ2) is 12.6. The minimum atomic E-state index is -1.40. The molecule has 0 spiro atoms. The lowest BCUT2D eigenvalue weighted by atomic mass is 10.1. The van der Waals surface area contributed by atoms with Crippen LogP contribution in [0.4, 0.5) is 11.6 Å². The molecule has 0 amide bonds. The SMILES string of the molecule is Nc1nc(Cl)nc2c1ncn2[C@@H]1O[C@H](CO[N+](=O)[O-])[C@@H](O)[C@H]1O.Nc1ncnc2c1ncn2[C@@H]1O[C@H](CO[N+](=O)[O-])[C@@H](O)[C@H]1O. The van der Waals surface area contributed by atoms with Gasteiger partial charge >= 0.3 is 0 Å². The Labute approximate surface area is 252 Å². The van der Waals surface area contributed by atoms with Gasteiger partial charge in [-0.3, -0.25) is 9.13 Å². The van der Waals surface area contributed by atoms with Crippen LogP contribution in [0, 0.1) is 20.2 Å². The first-order chi connectivity index (χ1) is 21.4. The standard InChI is InChI=1S/C10H11ClN6O6.C10H12N6O6/c11-10-14-7(12)4-8(15-10)16(2-13-4)9-6(19)5(18)3(23-9)1-22-17(20)21;11-8-5-9(13-2-12-8)15(3-14-5)10-7(18)6(17)4(22-10)1-21-16(19)20/h2-3,5-6,9,18-19H,1H2,(H2,12,14,15);2-4,6-7,10,17-18H,1H2,(H2,11,12,13)/t3-,5-,6-,9-;4-,6-,7-,10-/m11/s1. The van der Waals surface area contributed by atoms with Crippen molar-refractivity contribution < 1.29 is 49.7 Å². The molecule has 2 aliphatic rings. The zero-order valence-electron chi connectivity index (χ0n) is 22.3. The van der Waals surface area contributed by atoms with E-state index in [1.165, 1.54) is 28.1 Å². The van der Waals surface area contributed by atoms with Crippen molar-refractivity contribution in [3.63, 3.8) is 0 Å². The molecule has 2 saturated heterocycles. The molecule has 8 atom stereocenters. The van der Waals surface area contributed by atoms with E-state index in [0.717, 1.165) is 0 Å². The number of imidazole rings is 2. The predicted molar refractivity (Wildman–Crippen MR) is 142 cm³/mol. The van der Waals surface area contributed by atoms with Gasteiger partial charge < -0.3 is 51.0 Å². The molecule has 0 radical (unpaired) electrons. The van der Waals surface area contributed by atoms with Crippen LogP contribution in [0.3, 0.4) is 0 Å². The summed E-state index contributed by atoms with van der Waals surface area (Å²) in [6, 6.07) is 0. The fourth-order valence-corrected chi connectivity index (χ4v) is 4.79. The number of anilines is 2. The monoisotopic (exact) mass is 658 g/mol. The van der Waals surface area contributed by atoms with Gasteiger partial charge in [-0.2, -0.15) is 9.97 Å². The zero-order valence-corrected chi connectivity index (χ0v) is 23.1. The average Bonchev–Trinajstić information content (AvgIpc) is 3.73. The van der Waals surface area contributed by atoms with Crippen molar-refractivity contribution in [1.29, 1.82) is 0 Å². The molecule has 2 fully saturated rings. The summed E-state index contributed by atoms with van der Waals surface area (Å²) in [6.45, 7) is -1.04. The van der Waals surface area contributed by atoms with Gasteiger partial charge in [0.25, 0.3) is 10.2 Å². The minimum Gasteiger partial charge on any atom is -0.387 e. The third kappa shape index (κ3) is 6.23. The maximum absolute atomic E-state index is 10.2. The predicted octanol–water partition coefficient (Wildman–Crippen LogP) is -2.87. The number of hydrogen-bond acceptors (Lipinski definition) is 20. The number of rotatable bonds is 8. The number of aromatic nitrogens is 8. The number of halogens is 1. The molecule has 2 aliphatic heterocycles. The quantitative estimate of drug-likeness (QED) is 0.0628. The Bertz CT molecular complexity index is 1710. The highest BCUT2D eigenvalue weighted by molar-refractivity contribution is 6.28. The lowest BCUT2D eigenvalue weighted by Crippen LogP contribution is -2.34. The first-order valence-electron chi connectivity index (χ1n) is 12.5. The van der Waals surface area contributed by atoms with Crippen LogP contribution in [0.15, 0.2) is 19.0 Å². The summed E-state index contributed by atoms with van der Waals surface area (Å²) >= 11 is 5.75. The van der Waals surface area contributed by atoms with Crippen LogP contribution in [0.1, 0.15) is 12.5 Å². The van der Waals surface area contributed by atoms with Gasteiger partial charge in [-0.05, 0) is 11.6 Å². The summed E-state index contributed by atoms with van der Waals surface area (Å²) in [6.07, 6.45) is -5.95. The molecule has 0 aromatic carbocycles. The molecule has 4 aromatic rings. The lowest BCUT2D eigenvalue weighted by molar-refractivity contribution is -0.759. The van der Waals surface area contributed by atoms with Crippen LogP contribution in [0.2, 0.25) is 5.28 Å². The summed E-state index contributed by atoms with van der Waals surface area (Å²) in [5.41, 5.74) is 12.4. The molecular formula is C20H23ClN12O12. The van der Waals surface area contributed by atoms with E-state index in [-0.39, 0.29) is 28.1 Å². The van der Waals surface area contributed by atoms with E-state index in [4.69, 9.17) is 32.5 Å². The van der Waals surface area contributed by atoms with E-state index in [2.05, 4.69) is 39.6 Å². The van der Waals surface area contributed by atoms with Crippen molar-refractivity contribution in [3.05, 3.63) is 44.5 Å². The van der Waals surface area contributed by atoms with Crippen LogP contribution in [0.25, 0.3) is 22.3 Å². The second-order valence-corrected chi connectivity index (χ2v) is 9.75. The van der Waals surface area contributed by atoms with Crippen LogP contribution in [-0.4, -0.2) is 119 Å². The summed E-state index contributed by atoms with van der Waals surface area (Å²) < 4.78 is 13.5. The zero-order chi connectivity index (χ0) is 32.6. The van der Waals surface area contributed by atoms with Gasteiger partial charge in [-0.25, -0.2) is 19.9 Å². The molecule has 0 saturated carbocycles. The normalized spacial score (nSPS) is 27.8. The lowest BCUT2D eigenvalue weighted by Gasteiger charge is -2.16. The Morgan fingerprint density at radius 1 is 0.778 bits per heavy atom. The molecule has 6 heterocycles. The number of nitrogens with two attached hydrogens (primary N) is 2. The first-order valence-corrected chi connectivity index (χ1v) is 12.9. The molecule has 6 rings (SSSR count). The number of hydrogen-bond donors (Lipinski definition) is 6. The number of aliphatic hydroxyl groups is 4. The van der Waals surface area contributed by atoms with Crippen molar-refractivity contribution in [2.24, 2.45) is 0 Å². The topological polar surface area (TPSA) is 343 Å². The Morgan fingerprint density at radius 3 is 1.78 bits per heavy atom. The van der Waals surface area contributed by atoms with E-state index in [1.807, 2.05) is 0 Å². The van der Waals surface area contributed by atoms with Crippen molar-refractivity contribution in [3.8, 4) is 0 Å². The van der Waals surface area contributed by atoms with Crippen LogP contribution < -0.4 is 11.5 Å². The summed E-state index contributed by atoms with van der Waals surface area (Å²) in [5, 5.41) is 58.3. The number of aliphatic hydroxyl groups excluding tert-OH is 4. The highest BCUT2D eigenvalue weighted by atomic mass is 35.5. The maximum atomic E-state index is 10.2. The molecule has 25 heteroatoms. The number of nitrogens with zero attached hydrogens (tertiary/aromatic N) is 10. The number of fused-ring (bicyclic) bond motifs is 2. The first kappa shape index (κ1) is 31.6. The minimum absolute atomic E-state index is 0.0417.